The molecule has 3 rings (SSSR count). The van der Waals surface area contributed by atoms with Gasteiger partial charge in [-0.15, -0.1) is 0 Å². The molecule has 0 aromatic carbocycles. The number of nitrogens with one attached hydrogen (secondary N) is 1. The first kappa shape index (κ1) is 9.53. The van der Waals surface area contributed by atoms with Crippen LogP contribution < -0.4 is 11.1 Å². The van der Waals surface area contributed by atoms with Crippen molar-refractivity contribution in [3.63, 3.8) is 0 Å². The minimum atomic E-state index is 0.456. The van der Waals surface area contributed by atoms with Crippen LogP contribution in [0.1, 0.15) is 18.9 Å². The molecule has 0 aliphatic carbocycles. The largest absolute Gasteiger partial charge is 0.382 e. The third-order valence-electron chi connectivity index (χ3n) is 3.09. The van der Waals surface area contributed by atoms with Crippen LogP contribution in [0.3, 0.4) is 0 Å². The van der Waals surface area contributed by atoms with Gasteiger partial charge in [0.1, 0.15) is 11.8 Å². The van der Waals surface area contributed by atoms with Crippen LogP contribution in [0, 0.1) is 0 Å². The van der Waals surface area contributed by atoms with E-state index in [4.69, 9.17) is 5.73 Å². The van der Waals surface area contributed by atoms with Crippen molar-refractivity contribution in [1.82, 2.24) is 24.8 Å². The fourth-order valence-corrected chi connectivity index (χ4v) is 2.22. The van der Waals surface area contributed by atoms with E-state index in [-0.39, 0.29) is 0 Å². The third kappa shape index (κ3) is 1.42. The zero-order valence-corrected chi connectivity index (χ0v) is 8.93. The number of rotatable bonds is 1. The number of hydrogen-bond donors (Lipinski definition) is 2. The van der Waals surface area contributed by atoms with Crippen LogP contribution in [0.5, 0.6) is 0 Å². The Bertz CT molecular complexity index is 499. The van der Waals surface area contributed by atoms with Gasteiger partial charge in [0, 0.05) is 6.04 Å². The first-order valence-corrected chi connectivity index (χ1v) is 5.50. The van der Waals surface area contributed by atoms with E-state index >= 15 is 0 Å². The Labute approximate surface area is 92.9 Å². The van der Waals surface area contributed by atoms with Gasteiger partial charge in [0.2, 0.25) is 0 Å². The van der Waals surface area contributed by atoms with Crippen molar-refractivity contribution >= 4 is 17.0 Å². The summed E-state index contributed by atoms with van der Waals surface area (Å²) >= 11 is 0. The summed E-state index contributed by atoms with van der Waals surface area (Å²) in [5, 5.41) is 3.34. The topological polar surface area (TPSA) is 81.7 Å². The molecule has 6 nitrogen and oxygen atoms in total. The molecule has 0 radical (unpaired) electrons. The number of imidazole rings is 1. The average molecular weight is 218 g/mol. The highest BCUT2D eigenvalue weighted by Gasteiger charge is 2.18. The van der Waals surface area contributed by atoms with Crippen molar-refractivity contribution in [2.75, 3.05) is 18.8 Å². The van der Waals surface area contributed by atoms with Crippen LogP contribution >= 0.6 is 0 Å². The molecule has 2 aromatic heterocycles. The highest BCUT2D eigenvalue weighted by molar-refractivity contribution is 5.81. The van der Waals surface area contributed by atoms with Crippen molar-refractivity contribution in [3.8, 4) is 0 Å². The summed E-state index contributed by atoms with van der Waals surface area (Å²) < 4.78 is 2.12. The average Bonchev–Trinajstić information content (AvgIpc) is 2.75. The maximum Gasteiger partial charge on any atom is 0.165 e. The maximum atomic E-state index is 5.76. The van der Waals surface area contributed by atoms with Gasteiger partial charge in [0.25, 0.3) is 0 Å². The molecule has 3 N–H and O–H groups in total. The zero-order valence-electron chi connectivity index (χ0n) is 8.93. The molecule has 84 valence electrons. The van der Waals surface area contributed by atoms with Crippen LogP contribution in [0.15, 0.2) is 12.7 Å². The molecule has 1 aliphatic heterocycles. The van der Waals surface area contributed by atoms with Gasteiger partial charge in [-0.25, -0.2) is 15.0 Å². The van der Waals surface area contributed by atoms with Crippen molar-refractivity contribution in [1.29, 1.82) is 0 Å². The van der Waals surface area contributed by atoms with Gasteiger partial charge in [-0.1, -0.05) is 0 Å². The molecular weight excluding hydrogens is 204 g/mol. The van der Waals surface area contributed by atoms with Gasteiger partial charge in [-0.3, -0.25) is 0 Å². The van der Waals surface area contributed by atoms with E-state index in [1.165, 1.54) is 6.33 Å². The molecule has 0 atom stereocenters. The van der Waals surface area contributed by atoms with E-state index in [0.29, 0.717) is 17.4 Å². The second-order valence-electron chi connectivity index (χ2n) is 4.06. The smallest absolute Gasteiger partial charge is 0.165 e. The second kappa shape index (κ2) is 3.71. The fourth-order valence-electron chi connectivity index (χ4n) is 2.22. The van der Waals surface area contributed by atoms with Crippen LogP contribution in [-0.4, -0.2) is 32.6 Å². The Morgan fingerprint density at radius 2 is 2.06 bits per heavy atom. The number of nitrogens with zero attached hydrogens (tertiary/aromatic N) is 4. The molecule has 1 fully saturated rings. The Morgan fingerprint density at radius 1 is 1.25 bits per heavy atom. The lowest BCUT2D eigenvalue weighted by Gasteiger charge is -2.23. The summed E-state index contributed by atoms with van der Waals surface area (Å²) in [4.78, 5) is 12.5. The van der Waals surface area contributed by atoms with Gasteiger partial charge in [-0.2, -0.15) is 0 Å². The molecule has 2 aromatic rings. The van der Waals surface area contributed by atoms with Crippen LogP contribution in [0.2, 0.25) is 0 Å². The Balaban J connectivity index is 2.06. The number of nitrogens with two attached hydrogens (primary N) is 1. The number of aromatic nitrogens is 4. The van der Waals surface area contributed by atoms with Gasteiger partial charge in [0.05, 0.1) is 6.33 Å². The van der Waals surface area contributed by atoms with Crippen molar-refractivity contribution in [2.24, 2.45) is 0 Å². The molecule has 6 heteroatoms. The van der Waals surface area contributed by atoms with Gasteiger partial charge < -0.3 is 15.6 Å². The molecule has 0 bridgehead atoms. The number of piperidine rings is 1. The highest BCUT2D eigenvalue weighted by atomic mass is 15.2. The predicted octanol–water partition coefficient (Wildman–Crippen LogP) is 0.333. The van der Waals surface area contributed by atoms with Crippen molar-refractivity contribution in [3.05, 3.63) is 12.7 Å². The minimum Gasteiger partial charge on any atom is -0.382 e. The van der Waals surface area contributed by atoms with E-state index in [2.05, 4.69) is 24.8 Å². The van der Waals surface area contributed by atoms with Crippen LogP contribution in [-0.2, 0) is 0 Å². The summed E-state index contributed by atoms with van der Waals surface area (Å²) in [6.45, 7) is 2.09. The van der Waals surface area contributed by atoms with E-state index in [1.807, 2.05) is 6.33 Å². The lowest BCUT2D eigenvalue weighted by molar-refractivity contribution is 0.373. The van der Waals surface area contributed by atoms with E-state index in [0.717, 1.165) is 31.6 Å². The number of anilines is 1. The summed E-state index contributed by atoms with van der Waals surface area (Å²) in [5.74, 6) is 0.456. The SMILES string of the molecule is Nc1ncnc2c1ncn2C1CCNCC1. The summed E-state index contributed by atoms with van der Waals surface area (Å²) in [7, 11) is 0. The molecule has 0 amide bonds. The number of fused-ring (bicyclic) bond motifs is 1. The molecule has 16 heavy (non-hydrogen) atoms. The van der Waals surface area contributed by atoms with E-state index in [9.17, 15) is 0 Å². The molecule has 1 saturated heterocycles. The molecule has 0 saturated carbocycles. The van der Waals surface area contributed by atoms with Gasteiger partial charge in [0.15, 0.2) is 11.5 Å². The van der Waals surface area contributed by atoms with Crippen LogP contribution in [0.25, 0.3) is 11.2 Å². The third-order valence-corrected chi connectivity index (χ3v) is 3.09. The van der Waals surface area contributed by atoms with Crippen molar-refractivity contribution < 1.29 is 0 Å². The Morgan fingerprint density at radius 3 is 2.88 bits per heavy atom. The zero-order chi connectivity index (χ0) is 11.0. The van der Waals surface area contributed by atoms with Crippen molar-refractivity contribution in [2.45, 2.75) is 18.9 Å². The highest BCUT2D eigenvalue weighted by Crippen LogP contribution is 2.24. The monoisotopic (exact) mass is 218 g/mol. The molecule has 1 aliphatic rings. The molecular formula is C10H14N6. The molecule has 0 unspecified atom stereocenters. The number of nitrogen functional groups attached to an aromatic ring is 1. The molecule has 0 spiro atoms. The maximum absolute atomic E-state index is 5.76. The quantitative estimate of drug-likeness (QED) is 0.721. The Kier molecular flexibility index (Phi) is 2.21. The summed E-state index contributed by atoms with van der Waals surface area (Å²) in [5.41, 5.74) is 7.32. The van der Waals surface area contributed by atoms with E-state index < -0.39 is 0 Å². The minimum absolute atomic E-state index is 0.456. The second-order valence-corrected chi connectivity index (χ2v) is 4.06. The van der Waals surface area contributed by atoms with Gasteiger partial charge >= 0.3 is 0 Å². The summed E-state index contributed by atoms with van der Waals surface area (Å²) in [6, 6.07) is 0.473. The first-order valence-electron chi connectivity index (χ1n) is 5.50. The standard InChI is InChI=1S/C10H14N6/c11-9-8-10(14-5-13-9)16(6-15-8)7-1-3-12-4-2-7/h5-7,12H,1-4H2,(H2,11,13,14). The van der Waals surface area contributed by atoms with E-state index in [1.54, 1.807) is 0 Å². The lowest BCUT2D eigenvalue weighted by Crippen LogP contribution is -2.29. The normalized spacial score (nSPS) is 18.0. The Hall–Kier alpha value is -1.69. The lowest BCUT2D eigenvalue weighted by atomic mass is 10.1. The first-order chi connectivity index (χ1) is 7.86. The predicted molar refractivity (Wildman–Crippen MR) is 60.9 cm³/mol. The fraction of sp³-hybridized carbons (Fsp3) is 0.500. The summed E-state index contributed by atoms with van der Waals surface area (Å²) in [6.07, 6.45) is 5.54. The van der Waals surface area contributed by atoms with Crippen LogP contribution in [0.4, 0.5) is 5.82 Å². The number of hydrogen-bond acceptors (Lipinski definition) is 5. The molecule has 3 heterocycles. The van der Waals surface area contributed by atoms with Gasteiger partial charge in [-0.05, 0) is 25.9 Å².